The quantitative estimate of drug-likeness (QED) is 0.729. The maximum atomic E-state index is 5.50. The van der Waals surface area contributed by atoms with Gasteiger partial charge in [0.2, 0.25) is 17.6 Å². The van der Waals surface area contributed by atoms with Gasteiger partial charge in [0, 0.05) is 18.4 Å². The second kappa shape index (κ2) is 6.52. The van der Waals surface area contributed by atoms with Crippen molar-refractivity contribution in [1.29, 1.82) is 0 Å². The normalized spacial score (nSPS) is 16.5. The van der Waals surface area contributed by atoms with E-state index >= 15 is 0 Å². The van der Waals surface area contributed by atoms with Gasteiger partial charge >= 0.3 is 0 Å². The van der Waals surface area contributed by atoms with Crippen LogP contribution in [0.3, 0.4) is 0 Å². The van der Waals surface area contributed by atoms with E-state index in [-0.39, 0.29) is 0 Å². The molecule has 0 spiro atoms. The number of piperidine rings is 1. The van der Waals surface area contributed by atoms with Crippen molar-refractivity contribution in [2.75, 3.05) is 13.1 Å². The zero-order valence-corrected chi connectivity index (χ0v) is 13.6. The molecule has 0 N–H and O–H groups in total. The first-order valence-corrected chi connectivity index (χ1v) is 8.18. The van der Waals surface area contributed by atoms with Crippen LogP contribution in [0.5, 0.6) is 0 Å². The highest BCUT2D eigenvalue weighted by Crippen LogP contribution is 2.28. The number of aromatic nitrogens is 4. The highest BCUT2D eigenvalue weighted by atomic mass is 16.5. The van der Waals surface area contributed by atoms with E-state index in [9.17, 15) is 0 Å². The number of hydrogen-bond acceptors (Lipinski definition) is 7. The summed E-state index contributed by atoms with van der Waals surface area (Å²) in [6.07, 6.45) is 1.99. The van der Waals surface area contributed by atoms with Gasteiger partial charge in [-0.1, -0.05) is 40.6 Å². The smallest absolute Gasteiger partial charge is 0.230 e. The van der Waals surface area contributed by atoms with E-state index in [2.05, 4.69) is 25.2 Å². The molecule has 124 valence electrons. The van der Waals surface area contributed by atoms with Crippen LogP contribution in [0.2, 0.25) is 0 Å². The first-order valence-electron chi connectivity index (χ1n) is 8.18. The Bertz CT molecular complexity index is 790. The molecule has 3 aromatic rings. The first-order chi connectivity index (χ1) is 11.8. The largest absolute Gasteiger partial charge is 0.340 e. The summed E-state index contributed by atoms with van der Waals surface area (Å²) in [5.41, 5.74) is 0.984. The molecule has 3 heterocycles. The van der Waals surface area contributed by atoms with Gasteiger partial charge in [0.25, 0.3) is 0 Å². The Morgan fingerprint density at radius 1 is 1.04 bits per heavy atom. The third kappa shape index (κ3) is 3.21. The van der Waals surface area contributed by atoms with E-state index in [0.717, 1.165) is 49.8 Å². The third-order valence-electron chi connectivity index (χ3n) is 4.35. The van der Waals surface area contributed by atoms with Gasteiger partial charge in [0.05, 0.1) is 6.54 Å². The predicted molar refractivity (Wildman–Crippen MR) is 86.0 cm³/mol. The van der Waals surface area contributed by atoms with E-state index in [1.54, 1.807) is 0 Å². The molecule has 0 atom stereocenters. The van der Waals surface area contributed by atoms with Crippen molar-refractivity contribution in [3.8, 4) is 11.4 Å². The van der Waals surface area contributed by atoms with Gasteiger partial charge in [-0.05, 0) is 25.9 Å². The van der Waals surface area contributed by atoms with Crippen molar-refractivity contribution in [2.24, 2.45) is 0 Å². The van der Waals surface area contributed by atoms with Crippen LogP contribution in [0.4, 0.5) is 0 Å². The highest BCUT2D eigenvalue weighted by Gasteiger charge is 2.26. The molecule has 4 rings (SSSR count). The number of rotatable bonds is 4. The lowest BCUT2D eigenvalue weighted by molar-refractivity contribution is 0.182. The summed E-state index contributed by atoms with van der Waals surface area (Å²) in [4.78, 5) is 11.2. The minimum Gasteiger partial charge on any atom is -0.340 e. The Labute approximate surface area is 139 Å². The fourth-order valence-electron chi connectivity index (χ4n) is 3.05. The Morgan fingerprint density at radius 3 is 2.54 bits per heavy atom. The number of likely N-dealkylation sites (tertiary alicyclic amines) is 1. The van der Waals surface area contributed by atoms with Gasteiger partial charge in [0.1, 0.15) is 0 Å². The van der Waals surface area contributed by atoms with Crippen LogP contribution in [-0.4, -0.2) is 38.3 Å². The minimum absolute atomic E-state index is 0.318. The molecular weight excluding hydrogens is 306 g/mol. The number of hydrogen-bond donors (Lipinski definition) is 0. The molecule has 1 fully saturated rings. The molecule has 0 saturated carbocycles. The zero-order valence-electron chi connectivity index (χ0n) is 13.6. The molecule has 7 heteroatoms. The van der Waals surface area contributed by atoms with Crippen molar-refractivity contribution in [1.82, 2.24) is 25.2 Å². The van der Waals surface area contributed by atoms with E-state index in [4.69, 9.17) is 9.05 Å². The fourth-order valence-corrected chi connectivity index (χ4v) is 3.05. The second-order valence-corrected chi connectivity index (χ2v) is 6.10. The average molecular weight is 325 g/mol. The molecule has 1 aliphatic rings. The molecule has 0 radical (unpaired) electrons. The SMILES string of the molecule is Cc1nc(CN2CCC(c3nc(-c4ccccc4)no3)CC2)no1. The Balaban J connectivity index is 1.37. The molecule has 1 aliphatic heterocycles. The predicted octanol–water partition coefficient (Wildman–Crippen LogP) is 2.81. The zero-order chi connectivity index (χ0) is 16.4. The molecule has 0 amide bonds. The van der Waals surface area contributed by atoms with Crippen molar-refractivity contribution in [3.05, 3.63) is 47.9 Å². The van der Waals surface area contributed by atoms with Crippen molar-refractivity contribution in [3.63, 3.8) is 0 Å². The molecule has 0 bridgehead atoms. The summed E-state index contributed by atoms with van der Waals surface area (Å²) in [5, 5.41) is 8.07. The van der Waals surface area contributed by atoms with Gasteiger partial charge in [-0.3, -0.25) is 4.90 Å². The van der Waals surface area contributed by atoms with Crippen LogP contribution >= 0.6 is 0 Å². The molecule has 24 heavy (non-hydrogen) atoms. The van der Waals surface area contributed by atoms with E-state index in [0.29, 0.717) is 17.6 Å². The van der Waals surface area contributed by atoms with Crippen LogP contribution in [0.1, 0.15) is 36.4 Å². The summed E-state index contributed by atoms with van der Waals surface area (Å²) in [5.74, 6) is 3.08. The molecule has 1 aromatic carbocycles. The molecule has 0 aliphatic carbocycles. The van der Waals surface area contributed by atoms with Gasteiger partial charge in [0.15, 0.2) is 5.82 Å². The summed E-state index contributed by atoms with van der Waals surface area (Å²) in [6.45, 7) is 4.45. The molecule has 2 aromatic heterocycles. The summed E-state index contributed by atoms with van der Waals surface area (Å²) in [6, 6.07) is 9.91. The molecule has 7 nitrogen and oxygen atoms in total. The molecule has 0 unspecified atom stereocenters. The average Bonchev–Trinajstić information content (AvgIpc) is 3.26. The Morgan fingerprint density at radius 2 is 1.83 bits per heavy atom. The van der Waals surface area contributed by atoms with Crippen LogP contribution in [-0.2, 0) is 6.54 Å². The number of benzene rings is 1. The van der Waals surface area contributed by atoms with Crippen LogP contribution in [0, 0.1) is 6.92 Å². The maximum absolute atomic E-state index is 5.50. The highest BCUT2D eigenvalue weighted by molar-refractivity contribution is 5.53. The lowest BCUT2D eigenvalue weighted by atomic mass is 9.97. The maximum Gasteiger partial charge on any atom is 0.230 e. The fraction of sp³-hybridized carbons (Fsp3) is 0.412. The summed E-state index contributed by atoms with van der Waals surface area (Å²) in [7, 11) is 0. The number of nitrogens with zero attached hydrogens (tertiary/aromatic N) is 5. The molecule has 1 saturated heterocycles. The van der Waals surface area contributed by atoms with Gasteiger partial charge < -0.3 is 9.05 Å². The number of aryl methyl sites for hydroxylation is 1. The third-order valence-corrected chi connectivity index (χ3v) is 4.35. The standard InChI is InChI=1S/C17H19N5O2/c1-12-18-15(20-23-12)11-22-9-7-14(8-10-22)17-19-16(21-24-17)13-5-3-2-4-6-13/h2-6,14H,7-11H2,1H3. The van der Waals surface area contributed by atoms with Gasteiger partial charge in [-0.15, -0.1) is 0 Å². The van der Waals surface area contributed by atoms with Crippen LogP contribution in [0.15, 0.2) is 39.4 Å². The van der Waals surface area contributed by atoms with Gasteiger partial charge in [-0.2, -0.15) is 9.97 Å². The van der Waals surface area contributed by atoms with Gasteiger partial charge in [-0.25, -0.2) is 0 Å². The van der Waals surface area contributed by atoms with E-state index in [1.807, 2.05) is 37.3 Å². The van der Waals surface area contributed by atoms with Crippen molar-refractivity contribution < 1.29 is 9.05 Å². The van der Waals surface area contributed by atoms with Crippen LogP contribution < -0.4 is 0 Å². The topological polar surface area (TPSA) is 81.1 Å². The van der Waals surface area contributed by atoms with E-state index in [1.165, 1.54) is 0 Å². The van der Waals surface area contributed by atoms with Crippen molar-refractivity contribution in [2.45, 2.75) is 32.2 Å². The van der Waals surface area contributed by atoms with E-state index < -0.39 is 0 Å². The second-order valence-electron chi connectivity index (χ2n) is 6.10. The lowest BCUT2D eigenvalue weighted by Crippen LogP contribution is -2.32. The first kappa shape index (κ1) is 15.0. The lowest BCUT2D eigenvalue weighted by Gasteiger charge is -2.29. The Hall–Kier alpha value is -2.54. The minimum atomic E-state index is 0.318. The summed E-state index contributed by atoms with van der Waals surface area (Å²) < 4.78 is 10.5. The Kier molecular flexibility index (Phi) is 4.08. The molecular formula is C17H19N5O2. The monoisotopic (exact) mass is 325 g/mol. The summed E-state index contributed by atoms with van der Waals surface area (Å²) >= 11 is 0. The van der Waals surface area contributed by atoms with Crippen molar-refractivity contribution >= 4 is 0 Å². The van der Waals surface area contributed by atoms with Crippen LogP contribution in [0.25, 0.3) is 11.4 Å².